The van der Waals surface area contributed by atoms with Crippen LogP contribution in [0.2, 0.25) is 5.02 Å². The highest BCUT2D eigenvalue weighted by molar-refractivity contribution is 6.31. The zero-order valence-corrected chi connectivity index (χ0v) is 13.7. The van der Waals surface area contributed by atoms with Gasteiger partial charge in [-0.15, -0.1) is 0 Å². The molecule has 0 aliphatic carbocycles. The summed E-state index contributed by atoms with van der Waals surface area (Å²) in [6.07, 6.45) is 1.43. The van der Waals surface area contributed by atoms with Gasteiger partial charge in [-0.25, -0.2) is 0 Å². The summed E-state index contributed by atoms with van der Waals surface area (Å²) in [5, 5.41) is 2.95. The van der Waals surface area contributed by atoms with Crippen LogP contribution in [-0.4, -0.2) is 35.4 Å². The van der Waals surface area contributed by atoms with E-state index in [1.807, 2.05) is 0 Å². The second kappa shape index (κ2) is 6.66. The monoisotopic (exact) mass is 333 g/mol. The van der Waals surface area contributed by atoms with Crippen LogP contribution in [0.4, 0.5) is 5.69 Å². The predicted molar refractivity (Wildman–Crippen MR) is 89.1 cm³/mol. The van der Waals surface area contributed by atoms with Crippen molar-refractivity contribution >= 4 is 29.1 Å². The SMILES string of the molecule is CN(C)C(=O)c1cc(NC(=O)c2cccc(Cl)c2)c(=O)n(C)c1. The fraction of sp³-hybridized carbons (Fsp3) is 0.188. The van der Waals surface area contributed by atoms with Gasteiger partial charge in [-0.3, -0.25) is 14.4 Å². The molecule has 0 saturated heterocycles. The Kier molecular flexibility index (Phi) is 4.86. The van der Waals surface area contributed by atoms with Crippen molar-refractivity contribution in [2.45, 2.75) is 0 Å². The van der Waals surface area contributed by atoms with E-state index in [2.05, 4.69) is 5.32 Å². The second-order valence-electron chi connectivity index (χ2n) is 5.22. The molecule has 1 heterocycles. The van der Waals surface area contributed by atoms with Gasteiger partial charge in [-0.1, -0.05) is 17.7 Å². The number of amides is 2. The van der Waals surface area contributed by atoms with Gasteiger partial charge < -0.3 is 14.8 Å². The third-order valence-electron chi connectivity index (χ3n) is 3.17. The zero-order valence-electron chi connectivity index (χ0n) is 13.0. The van der Waals surface area contributed by atoms with Crippen LogP contribution < -0.4 is 10.9 Å². The molecule has 7 heteroatoms. The molecule has 0 bridgehead atoms. The highest BCUT2D eigenvalue weighted by Gasteiger charge is 2.15. The molecule has 0 spiro atoms. The summed E-state index contributed by atoms with van der Waals surface area (Å²) < 4.78 is 1.25. The highest BCUT2D eigenvalue weighted by Crippen LogP contribution is 2.13. The molecular formula is C16H16ClN3O3. The van der Waals surface area contributed by atoms with Crippen molar-refractivity contribution in [2.75, 3.05) is 19.4 Å². The highest BCUT2D eigenvalue weighted by atomic mass is 35.5. The van der Waals surface area contributed by atoms with E-state index in [-0.39, 0.29) is 11.6 Å². The molecule has 6 nitrogen and oxygen atoms in total. The van der Waals surface area contributed by atoms with E-state index in [1.54, 1.807) is 32.3 Å². The minimum Gasteiger partial charge on any atom is -0.345 e. The van der Waals surface area contributed by atoms with Gasteiger partial charge in [0.05, 0.1) is 5.56 Å². The number of nitrogens with one attached hydrogen (secondary N) is 1. The lowest BCUT2D eigenvalue weighted by Gasteiger charge is -2.13. The molecule has 0 radical (unpaired) electrons. The van der Waals surface area contributed by atoms with Crippen LogP contribution in [0, 0.1) is 0 Å². The van der Waals surface area contributed by atoms with Crippen LogP contribution in [0.3, 0.4) is 0 Å². The molecule has 23 heavy (non-hydrogen) atoms. The van der Waals surface area contributed by atoms with Crippen LogP contribution >= 0.6 is 11.6 Å². The number of benzene rings is 1. The summed E-state index contributed by atoms with van der Waals surface area (Å²) in [6, 6.07) is 7.74. The Hall–Kier alpha value is -2.60. The van der Waals surface area contributed by atoms with E-state index in [9.17, 15) is 14.4 Å². The Balaban J connectivity index is 2.37. The molecule has 0 saturated carbocycles. The van der Waals surface area contributed by atoms with E-state index >= 15 is 0 Å². The maximum atomic E-state index is 12.2. The Bertz CT molecular complexity index is 828. The van der Waals surface area contributed by atoms with Gasteiger partial charge in [0.1, 0.15) is 5.69 Å². The topological polar surface area (TPSA) is 71.4 Å². The van der Waals surface area contributed by atoms with Gasteiger partial charge >= 0.3 is 0 Å². The van der Waals surface area contributed by atoms with Crippen LogP contribution in [0.15, 0.2) is 41.3 Å². The number of rotatable bonds is 3. The molecule has 0 aliphatic heterocycles. The average molecular weight is 334 g/mol. The lowest BCUT2D eigenvalue weighted by Crippen LogP contribution is -2.28. The molecular weight excluding hydrogens is 318 g/mol. The Morgan fingerprint density at radius 3 is 2.48 bits per heavy atom. The molecule has 2 aromatic rings. The molecule has 1 N–H and O–H groups in total. The smallest absolute Gasteiger partial charge is 0.274 e. The van der Waals surface area contributed by atoms with Crippen molar-refractivity contribution in [1.82, 2.24) is 9.47 Å². The molecule has 0 fully saturated rings. The maximum absolute atomic E-state index is 12.2. The summed E-state index contributed by atoms with van der Waals surface area (Å²) in [5.74, 6) is -0.738. The van der Waals surface area contributed by atoms with E-state index in [0.29, 0.717) is 16.1 Å². The minimum atomic E-state index is -0.473. The Labute approximate surface area is 138 Å². The lowest BCUT2D eigenvalue weighted by atomic mass is 10.2. The standard InChI is InChI=1S/C16H16ClN3O3/c1-19(2)15(22)11-8-13(16(23)20(3)9-11)18-14(21)10-5-4-6-12(17)7-10/h4-9H,1-3H3,(H,18,21). The first-order chi connectivity index (χ1) is 10.8. The molecule has 1 aromatic carbocycles. The number of nitrogens with zero attached hydrogens (tertiary/aromatic N) is 2. The van der Waals surface area contributed by atoms with Gasteiger partial charge in [0.15, 0.2) is 0 Å². The summed E-state index contributed by atoms with van der Waals surface area (Å²) in [5.41, 5.74) is 0.253. The number of halogens is 1. The van der Waals surface area contributed by atoms with E-state index in [1.165, 1.54) is 34.8 Å². The fourth-order valence-corrected chi connectivity index (χ4v) is 2.19. The third kappa shape index (κ3) is 3.78. The van der Waals surface area contributed by atoms with Crippen LogP contribution in [0.5, 0.6) is 0 Å². The summed E-state index contributed by atoms with van der Waals surface area (Å²) in [4.78, 5) is 37.8. The zero-order chi connectivity index (χ0) is 17.1. The number of hydrogen-bond acceptors (Lipinski definition) is 3. The normalized spacial score (nSPS) is 10.3. The van der Waals surface area contributed by atoms with Gasteiger partial charge in [-0.2, -0.15) is 0 Å². The number of anilines is 1. The second-order valence-corrected chi connectivity index (χ2v) is 5.66. The number of carbonyl (C=O) groups is 2. The summed E-state index contributed by atoms with van der Waals surface area (Å²) >= 11 is 5.85. The van der Waals surface area contributed by atoms with Gasteiger partial charge in [-0.05, 0) is 24.3 Å². The van der Waals surface area contributed by atoms with Crippen molar-refractivity contribution in [2.24, 2.45) is 7.05 Å². The first-order valence-corrected chi connectivity index (χ1v) is 7.16. The minimum absolute atomic E-state index is 0.0326. The number of aryl methyl sites for hydroxylation is 1. The number of pyridine rings is 1. The maximum Gasteiger partial charge on any atom is 0.274 e. The molecule has 120 valence electrons. The van der Waals surface area contributed by atoms with Crippen LogP contribution in [-0.2, 0) is 7.05 Å². The van der Waals surface area contributed by atoms with Crippen molar-refractivity contribution in [1.29, 1.82) is 0 Å². The predicted octanol–water partition coefficient (Wildman–Crippen LogP) is 1.99. The number of aromatic nitrogens is 1. The molecule has 0 atom stereocenters. The van der Waals surface area contributed by atoms with E-state index in [0.717, 1.165) is 0 Å². The first kappa shape index (κ1) is 16.8. The van der Waals surface area contributed by atoms with Crippen molar-refractivity contribution in [3.8, 4) is 0 Å². The molecule has 0 aliphatic rings. The quantitative estimate of drug-likeness (QED) is 0.933. The molecule has 2 rings (SSSR count). The van der Waals surface area contributed by atoms with Gasteiger partial charge in [0.2, 0.25) is 0 Å². The van der Waals surface area contributed by atoms with Crippen molar-refractivity contribution < 1.29 is 9.59 Å². The summed E-state index contributed by atoms with van der Waals surface area (Å²) in [7, 11) is 4.74. The molecule has 1 aromatic heterocycles. The number of hydrogen-bond donors (Lipinski definition) is 1. The molecule has 0 unspecified atom stereocenters. The Morgan fingerprint density at radius 1 is 1.17 bits per heavy atom. The average Bonchev–Trinajstić information content (AvgIpc) is 2.50. The largest absolute Gasteiger partial charge is 0.345 e. The number of carbonyl (C=O) groups excluding carboxylic acids is 2. The van der Waals surface area contributed by atoms with Crippen LogP contribution in [0.1, 0.15) is 20.7 Å². The first-order valence-electron chi connectivity index (χ1n) is 6.79. The van der Waals surface area contributed by atoms with Crippen molar-refractivity contribution in [3.63, 3.8) is 0 Å². The van der Waals surface area contributed by atoms with Gasteiger partial charge in [0, 0.05) is 37.9 Å². The van der Waals surface area contributed by atoms with Crippen molar-refractivity contribution in [3.05, 3.63) is 63.0 Å². The van der Waals surface area contributed by atoms with E-state index < -0.39 is 11.5 Å². The summed E-state index contributed by atoms with van der Waals surface area (Å²) in [6.45, 7) is 0. The Morgan fingerprint density at radius 2 is 1.87 bits per heavy atom. The van der Waals surface area contributed by atoms with E-state index in [4.69, 9.17) is 11.6 Å². The third-order valence-corrected chi connectivity index (χ3v) is 3.41. The lowest BCUT2D eigenvalue weighted by molar-refractivity contribution is 0.0826. The molecule has 2 amide bonds. The van der Waals surface area contributed by atoms with Crippen LogP contribution in [0.25, 0.3) is 0 Å². The van der Waals surface area contributed by atoms with Gasteiger partial charge in [0.25, 0.3) is 17.4 Å². The fourth-order valence-electron chi connectivity index (χ4n) is 2.00.